The van der Waals surface area contributed by atoms with Crippen LogP contribution in [0.1, 0.15) is 16.7 Å². The van der Waals surface area contributed by atoms with E-state index < -0.39 is 0 Å². The van der Waals surface area contributed by atoms with Crippen molar-refractivity contribution >= 4 is 41.3 Å². The molecule has 2 aromatic rings. The van der Waals surface area contributed by atoms with Crippen molar-refractivity contribution in [3.63, 3.8) is 0 Å². The zero-order valence-corrected chi connectivity index (χ0v) is 17.7. The van der Waals surface area contributed by atoms with Crippen LogP contribution in [0, 0.1) is 13.8 Å². The minimum Gasteiger partial charge on any atom is -0.378 e. The van der Waals surface area contributed by atoms with E-state index in [0.29, 0.717) is 12.5 Å². The van der Waals surface area contributed by atoms with E-state index in [0.717, 1.165) is 32.0 Å². The molecule has 1 aliphatic rings. The van der Waals surface area contributed by atoms with Gasteiger partial charge in [-0.3, -0.25) is 0 Å². The molecule has 3 rings (SSSR count). The van der Waals surface area contributed by atoms with Gasteiger partial charge in [-0.2, -0.15) is 0 Å². The number of nitrogens with two attached hydrogens (primary N) is 1. The number of hydrogen-bond acceptors (Lipinski definition) is 3. The number of nitrogens with zero attached hydrogens (tertiary/aromatic N) is 2. The van der Waals surface area contributed by atoms with E-state index in [9.17, 15) is 0 Å². The molecule has 26 heavy (non-hydrogen) atoms. The standard InChI is InChI=1S/C20H26N4O.HI/c1-15-7-8-18(13-16(15)2)23-20(21)22-14-17-5-3-4-6-19(17)24-9-11-25-12-10-24;/h3-8,13H,9-12,14H2,1-2H3,(H3,21,22,23);1H. The molecular formula is C20H27IN4O. The topological polar surface area (TPSA) is 62.9 Å². The zero-order valence-electron chi connectivity index (χ0n) is 15.4. The van der Waals surface area contributed by atoms with Crippen molar-refractivity contribution in [2.75, 3.05) is 36.5 Å². The molecule has 1 saturated heterocycles. The third-order valence-electron chi connectivity index (χ3n) is 4.54. The highest BCUT2D eigenvalue weighted by Crippen LogP contribution is 2.22. The molecule has 0 atom stereocenters. The van der Waals surface area contributed by atoms with Gasteiger partial charge in [0, 0.05) is 24.5 Å². The van der Waals surface area contributed by atoms with Gasteiger partial charge in [0.25, 0.3) is 0 Å². The van der Waals surface area contributed by atoms with Crippen LogP contribution >= 0.6 is 24.0 Å². The molecule has 5 nitrogen and oxygen atoms in total. The Bertz CT molecular complexity index is 757. The second-order valence-electron chi connectivity index (χ2n) is 6.35. The fraction of sp³-hybridized carbons (Fsp3) is 0.350. The Morgan fingerprint density at radius 1 is 1.12 bits per heavy atom. The molecule has 0 saturated carbocycles. The van der Waals surface area contributed by atoms with Gasteiger partial charge < -0.3 is 20.7 Å². The molecule has 2 aromatic carbocycles. The number of nitrogens with one attached hydrogen (secondary N) is 1. The lowest BCUT2D eigenvalue weighted by Gasteiger charge is -2.30. The predicted octanol–water partition coefficient (Wildman–Crippen LogP) is 3.68. The summed E-state index contributed by atoms with van der Waals surface area (Å²) in [6.07, 6.45) is 0. The Morgan fingerprint density at radius 2 is 1.85 bits per heavy atom. The van der Waals surface area contributed by atoms with Crippen LogP contribution in [0.25, 0.3) is 0 Å². The van der Waals surface area contributed by atoms with Gasteiger partial charge in [0.15, 0.2) is 5.96 Å². The molecular weight excluding hydrogens is 439 g/mol. The van der Waals surface area contributed by atoms with Gasteiger partial charge in [0.1, 0.15) is 0 Å². The fourth-order valence-electron chi connectivity index (χ4n) is 2.93. The molecule has 0 bridgehead atoms. The van der Waals surface area contributed by atoms with Gasteiger partial charge >= 0.3 is 0 Å². The summed E-state index contributed by atoms with van der Waals surface area (Å²) in [4.78, 5) is 6.87. The molecule has 0 aromatic heterocycles. The maximum atomic E-state index is 6.08. The molecule has 1 heterocycles. The summed E-state index contributed by atoms with van der Waals surface area (Å²) in [7, 11) is 0. The van der Waals surface area contributed by atoms with Crippen LogP contribution in [0.5, 0.6) is 0 Å². The molecule has 0 unspecified atom stereocenters. The van der Waals surface area contributed by atoms with E-state index >= 15 is 0 Å². The van der Waals surface area contributed by atoms with Gasteiger partial charge in [-0.25, -0.2) is 4.99 Å². The summed E-state index contributed by atoms with van der Waals surface area (Å²) in [6.45, 7) is 8.11. The van der Waals surface area contributed by atoms with Crippen molar-refractivity contribution in [3.8, 4) is 0 Å². The first-order valence-electron chi connectivity index (χ1n) is 8.68. The average Bonchev–Trinajstić information content (AvgIpc) is 2.64. The predicted molar refractivity (Wildman–Crippen MR) is 120 cm³/mol. The van der Waals surface area contributed by atoms with Gasteiger partial charge in [-0.1, -0.05) is 24.3 Å². The second kappa shape index (κ2) is 9.78. The summed E-state index contributed by atoms with van der Waals surface area (Å²) in [5, 5.41) is 3.17. The highest BCUT2D eigenvalue weighted by atomic mass is 127. The van der Waals surface area contributed by atoms with Crippen molar-refractivity contribution < 1.29 is 4.74 Å². The van der Waals surface area contributed by atoms with E-state index in [4.69, 9.17) is 10.5 Å². The number of hydrogen-bond donors (Lipinski definition) is 2. The van der Waals surface area contributed by atoms with Gasteiger partial charge in [0.05, 0.1) is 19.8 Å². The Kier molecular flexibility index (Phi) is 7.71. The maximum Gasteiger partial charge on any atom is 0.193 e. The highest BCUT2D eigenvalue weighted by molar-refractivity contribution is 14.0. The van der Waals surface area contributed by atoms with Crippen molar-refractivity contribution in [1.29, 1.82) is 0 Å². The summed E-state index contributed by atoms with van der Waals surface area (Å²) in [5.74, 6) is 0.431. The number of para-hydroxylation sites is 1. The van der Waals surface area contributed by atoms with Crippen LogP contribution in [-0.4, -0.2) is 32.3 Å². The minimum absolute atomic E-state index is 0. The van der Waals surface area contributed by atoms with Crippen LogP contribution in [-0.2, 0) is 11.3 Å². The number of anilines is 2. The summed E-state index contributed by atoms with van der Waals surface area (Å²) in [5.41, 5.74) is 11.9. The highest BCUT2D eigenvalue weighted by Gasteiger charge is 2.14. The first-order valence-corrected chi connectivity index (χ1v) is 8.68. The average molecular weight is 466 g/mol. The van der Waals surface area contributed by atoms with Crippen LogP contribution in [0.15, 0.2) is 47.5 Å². The van der Waals surface area contributed by atoms with Crippen LogP contribution in [0.3, 0.4) is 0 Å². The van der Waals surface area contributed by atoms with Gasteiger partial charge in [-0.15, -0.1) is 24.0 Å². The summed E-state index contributed by atoms with van der Waals surface area (Å²) >= 11 is 0. The lowest BCUT2D eigenvalue weighted by molar-refractivity contribution is 0.122. The zero-order chi connectivity index (χ0) is 17.6. The smallest absolute Gasteiger partial charge is 0.193 e. The quantitative estimate of drug-likeness (QED) is 0.410. The molecule has 0 amide bonds. The number of morpholine rings is 1. The van der Waals surface area contributed by atoms with Crippen LogP contribution in [0.2, 0.25) is 0 Å². The third kappa shape index (κ3) is 5.35. The minimum atomic E-state index is 0. The van der Waals surface area contributed by atoms with Crippen molar-refractivity contribution in [2.24, 2.45) is 10.7 Å². The van der Waals surface area contributed by atoms with Crippen molar-refractivity contribution in [1.82, 2.24) is 0 Å². The molecule has 1 fully saturated rings. The molecule has 6 heteroatoms. The third-order valence-corrected chi connectivity index (χ3v) is 4.54. The molecule has 140 valence electrons. The lowest BCUT2D eigenvalue weighted by atomic mass is 10.1. The SMILES string of the molecule is Cc1ccc(NC(N)=NCc2ccccc2N2CCOCC2)cc1C.I. The number of aryl methyl sites for hydroxylation is 2. The number of benzene rings is 2. The van der Waals surface area contributed by atoms with E-state index in [1.807, 2.05) is 12.1 Å². The van der Waals surface area contributed by atoms with Crippen molar-refractivity contribution in [2.45, 2.75) is 20.4 Å². The normalized spacial score (nSPS) is 14.7. The Labute approximate surface area is 172 Å². The Hall–Kier alpha value is -1.80. The second-order valence-corrected chi connectivity index (χ2v) is 6.35. The Balaban J connectivity index is 0.00000243. The monoisotopic (exact) mass is 466 g/mol. The molecule has 0 aliphatic carbocycles. The van der Waals surface area contributed by atoms with Gasteiger partial charge in [0.2, 0.25) is 0 Å². The molecule has 1 aliphatic heterocycles. The largest absolute Gasteiger partial charge is 0.378 e. The number of halogens is 1. The first kappa shape index (κ1) is 20.5. The Morgan fingerprint density at radius 3 is 2.58 bits per heavy atom. The summed E-state index contributed by atoms with van der Waals surface area (Å²) in [6, 6.07) is 14.5. The van der Waals surface area contributed by atoms with Crippen LogP contribution < -0.4 is 16.0 Å². The van der Waals surface area contributed by atoms with Crippen LogP contribution in [0.4, 0.5) is 11.4 Å². The summed E-state index contributed by atoms with van der Waals surface area (Å²) < 4.78 is 5.44. The lowest BCUT2D eigenvalue weighted by Crippen LogP contribution is -2.36. The number of guanidine groups is 1. The number of ether oxygens (including phenoxy) is 1. The van der Waals surface area contributed by atoms with Crippen molar-refractivity contribution in [3.05, 3.63) is 59.2 Å². The fourth-order valence-corrected chi connectivity index (χ4v) is 2.93. The maximum absolute atomic E-state index is 6.08. The molecule has 0 spiro atoms. The van der Waals surface area contributed by atoms with E-state index in [1.54, 1.807) is 0 Å². The number of aliphatic imine (C=N–C) groups is 1. The van der Waals surface area contributed by atoms with E-state index in [1.165, 1.54) is 22.4 Å². The first-order chi connectivity index (χ1) is 12.1. The van der Waals surface area contributed by atoms with E-state index in [2.05, 4.69) is 59.4 Å². The number of rotatable bonds is 4. The molecule has 3 N–H and O–H groups in total. The van der Waals surface area contributed by atoms with Gasteiger partial charge in [-0.05, 0) is 48.7 Å². The molecule has 0 radical (unpaired) electrons. The van der Waals surface area contributed by atoms with E-state index in [-0.39, 0.29) is 24.0 Å².